The number of hydrogen-bond donors (Lipinski definition) is 0. The minimum Gasteiger partial charge on any atom is -0.496 e. The van der Waals surface area contributed by atoms with Gasteiger partial charge in [0, 0.05) is 0 Å². The van der Waals surface area contributed by atoms with Gasteiger partial charge in [0.25, 0.3) is 0 Å². The van der Waals surface area contributed by atoms with Gasteiger partial charge in [-0.1, -0.05) is 48.5 Å². The number of rotatable bonds is 6. The van der Waals surface area contributed by atoms with Crippen LogP contribution in [-0.2, 0) is 9.47 Å². The number of benzene rings is 4. The number of carbonyl (C=O) groups is 2. The zero-order valence-corrected chi connectivity index (χ0v) is 19.4. The van der Waals surface area contributed by atoms with E-state index in [0.717, 1.165) is 33.0 Å². The van der Waals surface area contributed by atoms with Gasteiger partial charge in [-0.3, -0.25) is 0 Å². The molecule has 0 heterocycles. The highest BCUT2D eigenvalue weighted by Crippen LogP contribution is 2.39. The van der Waals surface area contributed by atoms with E-state index in [2.05, 4.69) is 0 Å². The van der Waals surface area contributed by atoms with Gasteiger partial charge in [-0.2, -0.15) is 0 Å². The summed E-state index contributed by atoms with van der Waals surface area (Å²) in [5.74, 6) is -0.0723. The van der Waals surface area contributed by atoms with E-state index in [0.29, 0.717) is 22.6 Å². The topological polar surface area (TPSA) is 71.1 Å². The van der Waals surface area contributed by atoms with Crippen molar-refractivity contribution in [2.75, 3.05) is 28.4 Å². The molecule has 4 aromatic carbocycles. The highest BCUT2D eigenvalue weighted by atomic mass is 16.5. The van der Waals surface area contributed by atoms with Crippen molar-refractivity contribution >= 4 is 22.7 Å². The molecule has 0 atom stereocenters. The molecule has 4 aromatic rings. The molecular formula is C28H24O6. The second-order valence-corrected chi connectivity index (χ2v) is 7.52. The van der Waals surface area contributed by atoms with Crippen molar-refractivity contribution in [2.24, 2.45) is 0 Å². The Kier molecular flexibility index (Phi) is 6.50. The van der Waals surface area contributed by atoms with Gasteiger partial charge in [0.05, 0.1) is 28.4 Å². The van der Waals surface area contributed by atoms with E-state index in [1.807, 2.05) is 48.5 Å². The van der Waals surface area contributed by atoms with Crippen LogP contribution < -0.4 is 9.47 Å². The highest BCUT2D eigenvalue weighted by molar-refractivity contribution is 6.08. The largest absolute Gasteiger partial charge is 0.496 e. The van der Waals surface area contributed by atoms with E-state index < -0.39 is 11.9 Å². The van der Waals surface area contributed by atoms with Gasteiger partial charge in [-0.05, 0) is 57.3 Å². The molecule has 0 N–H and O–H groups in total. The highest BCUT2D eigenvalue weighted by Gasteiger charge is 2.18. The van der Waals surface area contributed by atoms with Crippen molar-refractivity contribution in [3.63, 3.8) is 0 Å². The van der Waals surface area contributed by atoms with Crippen LogP contribution in [0.4, 0.5) is 0 Å². The van der Waals surface area contributed by atoms with Crippen molar-refractivity contribution in [3.05, 3.63) is 83.9 Å². The Bertz CT molecular complexity index is 1290. The Balaban J connectivity index is 1.97. The molecule has 34 heavy (non-hydrogen) atoms. The Hall–Kier alpha value is -4.32. The number of ether oxygens (including phenoxy) is 4. The van der Waals surface area contributed by atoms with E-state index >= 15 is 0 Å². The summed E-state index contributed by atoms with van der Waals surface area (Å²) in [6.45, 7) is 0. The van der Waals surface area contributed by atoms with Gasteiger partial charge in [-0.15, -0.1) is 0 Å². The van der Waals surface area contributed by atoms with Crippen LogP contribution in [0.5, 0.6) is 11.5 Å². The molecule has 0 fully saturated rings. The van der Waals surface area contributed by atoms with Crippen molar-refractivity contribution in [1.82, 2.24) is 0 Å². The fraction of sp³-hybridized carbons (Fsp3) is 0.143. The molecule has 0 saturated heterocycles. The third kappa shape index (κ3) is 4.06. The molecule has 172 valence electrons. The Morgan fingerprint density at radius 2 is 1.03 bits per heavy atom. The lowest BCUT2D eigenvalue weighted by atomic mass is 9.90. The summed E-state index contributed by atoms with van der Waals surface area (Å²) in [5.41, 5.74) is 4.21. The number of hydrogen-bond acceptors (Lipinski definition) is 6. The van der Waals surface area contributed by atoms with Crippen LogP contribution in [0.15, 0.2) is 72.8 Å². The quantitative estimate of drug-likeness (QED) is 0.343. The lowest BCUT2D eigenvalue weighted by molar-refractivity contribution is 0.0588. The number of fused-ring (bicyclic) bond motifs is 1. The summed E-state index contributed by atoms with van der Waals surface area (Å²) in [7, 11) is 5.71. The van der Waals surface area contributed by atoms with Crippen molar-refractivity contribution in [2.45, 2.75) is 0 Å². The molecule has 0 aromatic heterocycles. The van der Waals surface area contributed by atoms with Gasteiger partial charge in [0.1, 0.15) is 22.6 Å². The van der Waals surface area contributed by atoms with Crippen molar-refractivity contribution < 1.29 is 28.5 Å². The molecule has 6 nitrogen and oxygen atoms in total. The van der Waals surface area contributed by atoms with Crippen LogP contribution in [0, 0.1) is 0 Å². The first-order chi connectivity index (χ1) is 16.5. The molecule has 0 unspecified atom stereocenters. The third-order valence-corrected chi connectivity index (χ3v) is 5.74. The van der Waals surface area contributed by atoms with Gasteiger partial charge >= 0.3 is 11.9 Å². The zero-order valence-electron chi connectivity index (χ0n) is 19.4. The summed E-state index contributed by atoms with van der Waals surface area (Å²) < 4.78 is 20.6. The Morgan fingerprint density at radius 1 is 0.588 bits per heavy atom. The predicted octanol–water partition coefficient (Wildman–Crippen LogP) is 5.76. The average molecular weight is 456 g/mol. The normalized spacial score (nSPS) is 10.6. The van der Waals surface area contributed by atoms with Gasteiger partial charge in [0.2, 0.25) is 0 Å². The summed E-state index contributed by atoms with van der Waals surface area (Å²) in [6, 6.07) is 22.9. The lowest BCUT2D eigenvalue weighted by Gasteiger charge is -2.15. The molecule has 0 bridgehead atoms. The van der Waals surface area contributed by atoms with Crippen LogP contribution in [-0.4, -0.2) is 40.4 Å². The molecule has 6 heteroatoms. The predicted molar refractivity (Wildman–Crippen MR) is 131 cm³/mol. The first kappa shape index (κ1) is 22.9. The molecule has 4 rings (SSSR count). The van der Waals surface area contributed by atoms with Crippen LogP contribution >= 0.6 is 0 Å². The lowest BCUT2D eigenvalue weighted by Crippen LogP contribution is -2.04. The van der Waals surface area contributed by atoms with Gasteiger partial charge in [0.15, 0.2) is 0 Å². The monoisotopic (exact) mass is 456 g/mol. The first-order valence-corrected chi connectivity index (χ1v) is 10.6. The van der Waals surface area contributed by atoms with E-state index in [9.17, 15) is 9.59 Å². The minimum absolute atomic E-state index is 0.342. The van der Waals surface area contributed by atoms with Crippen LogP contribution in [0.3, 0.4) is 0 Å². The Labute approximate surface area is 197 Å². The van der Waals surface area contributed by atoms with Gasteiger partial charge in [-0.25, -0.2) is 9.59 Å². The minimum atomic E-state index is -0.475. The molecule has 0 amide bonds. The second kappa shape index (κ2) is 9.67. The fourth-order valence-corrected chi connectivity index (χ4v) is 4.11. The second-order valence-electron chi connectivity index (χ2n) is 7.52. The van der Waals surface area contributed by atoms with Crippen LogP contribution in [0.1, 0.15) is 20.7 Å². The number of esters is 2. The van der Waals surface area contributed by atoms with Gasteiger partial charge < -0.3 is 18.9 Å². The molecule has 0 saturated carbocycles. The molecule has 0 aliphatic carbocycles. The Morgan fingerprint density at radius 3 is 1.41 bits per heavy atom. The molecule has 0 radical (unpaired) electrons. The number of methoxy groups -OCH3 is 4. The maximum absolute atomic E-state index is 12.4. The maximum Gasteiger partial charge on any atom is 0.341 e. The standard InChI is InChI=1S/C28H24O6/c1-31-24-13-11-18(15-22(24)27(29)33-3)20-9-5-7-17-8-6-10-21(26(17)20)19-12-14-25(32-2)23(16-19)28(30)34-4/h5-16H,1-4H3. The summed E-state index contributed by atoms with van der Waals surface area (Å²) >= 11 is 0. The summed E-state index contributed by atoms with van der Waals surface area (Å²) in [4.78, 5) is 24.7. The molecule has 0 spiro atoms. The molecule has 0 aliphatic heterocycles. The average Bonchev–Trinajstić information content (AvgIpc) is 2.90. The van der Waals surface area contributed by atoms with Crippen molar-refractivity contribution in [1.29, 1.82) is 0 Å². The SMILES string of the molecule is COC(=O)c1cc(-c2cccc3cccc(-c4ccc(OC)c(C(=O)OC)c4)c23)ccc1OC. The van der Waals surface area contributed by atoms with Crippen LogP contribution in [0.25, 0.3) is 33.0 Å². The van der Waals surface area contributed by atoms with E-state index in [4.69, 9.17) is 18.9 Å². The van der Waals surface area contributed by atoms with Crippen molar-refractivity contribution in [3.8, 4) is 33.8 Å². The first-order valence-electron chi connectivity index (χ1n) is 10.6. The third-order valence-electron chi connectivity index (χ3n) is 5.74. The summed E-state index contributed by atoms with van der Waals surface area (Å²) in [6.07, 6.45) is 0. The van der Waals surface area contributed by atoms with Crippen LogP contribution in [0.2, 0.25) is 0 Å². The van der Waals surface area contributed by atoms with E-state index in [-0.39, 0.29) is 0 Å². The fourth-order valence-electron chi connectivity index (χ4n) is 4.11. The molecule has 0 aliphatic rings. The van der Waals surface area contributed by atoms with E-state index in [1.54, 1.807) is 24.3 Å². The summed E-state index contributed by atoms with van der Waals surface area (Å²) in [5, 5.41) is 1.99. The zero-order chi connectivity index (χ0) is 24.2. The maximum atomic E-state index is 12.4. The number of carbonyl (C=O) groups excluding carboxylic acids is 2. The smallest absolute Gasteiger partial charge is 0.341 e. The molecular weight excluding hydrogens is 432 g/mol. The van der Waals surface area contributed by atoms with E-state index in [1.165, 1.54) is 28.4 Å².